The van der Waals surface area contributed by atoms with E-state index >= 15 is 0 Å². The van der Waals surface area contributed by atoms with Crippen LogP contribution in [-0.2, 0) is 6.42 Å². The maximum atomic E-state index is 4.89. The fourth-order valence-electron chi connectivity index (χ4n) is 2.82. The van der Waals surface area contributed by atoms with Crippen LogP contribution in [0, 0.1) is 0 Å². The number of aromatic nitrogens is 1. The summed E-state index contributed by atoms with van der Waals surface area (Å²) in [5, 5.41) is 6.86. The molecule has 0 spiro atoms. The van der Waals surface area contributed by atoms with E-state index in [0.29, 0.717) is 18.1 Å². The van der Waals surface area contributed by atoms with Gasteiger partial charge in [0, 0.05) is 23.9 Å². The summed E-state index contributed by atoms with van der Waals surface area (Å²) in [6, 6.07) is 1.67. The van der Waals surface area contributed by atoms with Crippen LogP contribution in [0.2, 0.25) is 0 Å². The first-order valence-electron chi connectivity index (χ1n) is 7.49. The molecular formula is C15H27N3S. The van der Waals surface area contributed by atoms with Crippen LogP contribution in [0.25, 0.3) is 0 Å². The molecule has 1 aromatic heterocycles. The van der Waals surface area contributed by atoms with Crippen LogP contribution in [0.3, 0.4) is 0 Å². The monoisotopic (exact) mass is 281 g/mol. The van der Waals surface area contributed by atoms with Gasteiger partial charge in [-0.3, -0.25) is 4.90 Å². The quantitative estimate of drug-likeness (QED) is 0.898. The molecule has 0 saturated carbocycles. The Morgan fingerprint density at radius 2 is 2.21 bits per heavy atom. The van der Waals surface area contributed by atoms with E-state index in [1.165, 1.54) is 36.5 Å². The SMILES string of the molecule is CNC(C)Cc1csc(C2CCCCN2C(C)C)n1. The molecule has 108 valence electrons. The van der Waals surface area contributed by atoms with Gasteiger partial charge in [0.25, 0.3) is 0 Å². The van der Waals surface area contributed by atoms with Crippen LogP contribution >= 0.6 is 11.3 Å². The van der Waals surface area contributed by atoms with Crippen LogP contribution in [0.15, 0.2) is 5.38 Å². The summed E-state index contributed by atoms with van der Waals surface area (Å²) in [6.07, 6.45) is 4.98. The van der Waals surface area contributed by atoms with Gasteiger partial charge in [0.05, 0.1) is 11.7 Å². The van der Waals surface area contributed by atoms with E-state index in [1.807, 2.05) is 18.4 Å². The molecular weight excluding hydrogens is 254 g/mol. The molecule has 0 aliphatic carbocycles. The Bertz CT molecular complexity index is 388. The second-order valence-electron chi connectivity index (χ2n) is 5.91. The van der Waals surface area contributed by atoms with Gasteiger partial charge in [-0.05, 0) is 47.2 Å². The molecule has 2 unspecified atom stereocenters. The third-order valence-corrected chi connectivity index (χ3v) is 5.06. The van der Waals surface area contributed by atoms with E-state index in [4.69, 9.17) is 4.98 Å². The second-order valence-corrected chi connectivity index (χ2v) is 6.80. The second kappa shape index (κ2) is 6.82. The van der Waals surface area contributed by atoms with Crippen LogP contribution in [0.5, 0.6) is 0 Å². The zero-order chi connectivity index (χ0) is 13.8. The summed E-state index contributed by atoms with van der Waals surface area (Å²) < 4.78 is 0. The maximum Gasteiger partial charge on any atom is 0.110 e. The first-order chi connectivity index (χ1) is 9.11. The van der Waals surface area contributed by atoms with Crippen LogP contribution in [0.4, 0.5) is 0 Å². The minimum atomic E-state index is 0.502. The van der Waals surface area contributed by atoms with Gasteiger partial charge in [-0.25, -0.2) is 4.98 Å². The summed E-state index contributed by atoms with van der Waals surface area (Å²) in [7, 11) is 2.01. The number of thiazole rings is 1. The number of hydrogen-bond donors (Lipinski definition) is 1. The third-order valence-electron chi connectivity index (χ3n) is 4.07. The molecule has 1 fully saturated rings. The van der Waals surface area contributed by atoms with Crippen molar-refractivity contribution in [3.05, 3.63) is 16.1 Å². The Hall–Kier alpha value is -0.450. The van der Waals surface area contributed by atoms with Crippen molar-refractivity contribution in [2.24, 2.45) is 0 Å². The minimum absolute atomic E-state index is 0.502. The summed E-state index contributed by atoms with van der Waals surface area (Å²) >= 11 is 1.85. The number of nitrogens with zero attached hydrogens (tertiary/aromatic N) is 2. The van der Waals surface area contributed by atoms with Crippen molar-refractivity contribution in [2.75, 3.05) is 13.6 Å². The molecule has 0 amide bonds. The lowest BCUT2D eigenvalue weighted by Gasteiger charge is -2.37. The summed E-state index contributed by atoms with van der Waals surface area (Å²) in [5.41, 5.74) is 1.25. The lowest BCUT2D eigenvalue weighted by atomic mass is 10.0. The van der Waals surface area contributed by atoms with Crippen LogP contribution < -0.4 is 5.32 Å². The van der Waals surface area contributed by atoms with E-state index in [9.17, 15) is 0 Å². The van der Waals surface area contributed by atoms with Crippen molar-refractivity contribution in [1.29, 1.82) is 0 Å². The molecule has 4 heteroatoms. The molecule has 2 rings (SSSR count). The molecule has 1 N–H and O–H groups in total. The smallest absolute Gasteiger partial charge is 0.110 e. The fourth-order valence-corrected chi connectivity index (χ4v) is 3.81. The zero-order valence-electron chi connectivity index (χ0n) is 12.6. The standard InChI is InChI=1S/C15H27N3S/c1-11(2)18-8-6-5-7-14(18)15-17-13(10-19-15)9-12(3)16-4/h10-12,14,16H,5-9H2,1-4H3. The number of hydrogen-bond acceptors (Lipinski definition) is 4. The number of rotatable bonds is 5. The zero-order valence-corrected chi connectivity index (χ0v) is 13.5. The Kier molecular flexibility index (Phi) is 5.37. The van der Waals surface area contributed by atoms with E-state index in [1.54, 1.807) is 0 Å². The fraction of sp³-hybridized carbons (Fsp3) is 0.800. The number of likely N-dealkylation sites (tertiary alicyclic amines) is 1. The number of likely N-dealkylation sites (N-methyl/N-ethyl adjacent to an activating group) is 1. The average Bonchev–Trinajstić information content (AvgIpc) is 2.86. The van der Waals surface area contributed by atoms with Crippen molar-refractivity contribution in [2.45, 2.75) is 64.6 Å². The van der Waals surface area contributed by atoms with E-state index in [2.05, 4.69) is 36.4 Å². The number of piperidine rings is 1. The molecule has 19 heavy (non-hydrogen) atoms. The van der Waals surface area contributed by atoms with E-state index in [-0.39, 0.29) is 0 Å². The lowest BCUT2D eigenvalue weighted by Crippen LogP contribution is -2.38. The Balaban J connectivity index is 2.07. The minimum Gasteiger partial charge on any atom is -0.317 e. The van der Waals surface area contributed by atoms with E-state index < -0.39 is 0 Å². The first kappa shape index (κ1) is 14.9. The first-order valence-corrected chi connectivity index (χ1v) is 8.37. The summed E-state index contributed by atoms with van der Waals surface area (Å²) in [4.78, 5) is 7.51. The molecule has 3 nitrogen and oxygen atoms in total. The molecule has 1 aliphatic rings. The van der Waals surface area contributed by atoms with Gasteiger partial charge < -0.3 is 5.32 Å². The van der Waals surface area contributed by atoms with Gasteiger partial charge in [-0.2, -0.15) is 0 Å². The normalized spacial score (nSPS) is 22.9. The highest BCUT2D eigenvalue weighted by molar-refractivity contribution is 7.09. The Morgan fingerprint density at radius 1 is 1.42 bits per heavy atom. The van der Waals surface area contributed by atoms with E-state index in [0.717, 1.165) is 6.42 Å². The summed E-state index contributed by atoms with van der Waals surface area (Å²) in [6.45, 7) is 8.04. The molecule has 2 atom stereocenters. The molecule has 1 saturated heterocycles. The van der Waals surface area contributed by atoms with Crippen LogP contribution in [-0.4, -0.2) is 35.6 Å². The van der Waals surface area contributed by atoms with Gasteiger partial charge >= 0.3 is 0 Å². The Labute approximate surface area is 121 Å². The molecule has 1 aromatic rings. The largest absolute Gasteiger partial charge is 0.317 e. The summed E-state index contributed by atoms with van der Waals surface area (Å²) in [5.74, 6) is 0. The van der Waals surface area contributed by atoms with Crippen molar-refractivity contribution in [3.8, 4) is 0 Å². The highest BCUT2D eigenvalue weighted by Crippen LogP contribution is 2.34. The van der Waals surface area contributed by atoms with Gasteiger partial charge in [0.1, 0.15) is 5.01 Å². The highest BCUT2D eigenvalue weighted by Gasteiger charge is 2.28. The maximum absolute atomic E-state index is 4.89. The predicted octanol–water partition coefficient (Wildman–Crippen LogP) is 3.23. The predicted molar refractivity (Wildman–Crippen MR) is 82.8 cm³/mol. The van der Waals surface area contributed by atoms with Crippen LogP contribution in [0.1, 0.15) is 56.8 Å². The average molecular weight is 281 g/mol. The van der Waals surface area contributed by atoms with Crippen molar-refractivity contribution in [1.82, 2.24) is 15.2 Å². The molecule has 2 heterocycles. The van der Waals surface area contributed by atoms with Gasteiger partial charge in [-0.1, -0.05) is 6.42 Å². The Morgan fingerprint density at radius 3 is 2.89 bits per heavy atom. The van der Waals surface area contributed by atoms with Gasteiger partial charge in [0.2, 0.25) is 0 Å². The van der Waals surface area contributed by atoms with Gasteiger partial charge in [-0.15, -0.1) is 11.3 Å². The topological polar surface area (TPSA) is 28.2 Å². The molecule has 0 bridgehead atoms. The van der Waals surface area contributed by atoms with Gasteiger partial charge in [0.15, 0.2) is 0 Å². The van der Waals surface area contributed by atoms with Crippen molar-refractivity contribution in [3.63, 3.8) is 0 Å². The lowest BCUT2D eigenvalue weighted by molar-refractivity contribution is 0.112. The number of nitrogens with one attached hydrogen (secondary N) is 1. The molecule has 1 aliphatic heterocycles. The molecule has 0 aromatic carbocycles. The third kappa shape index (κ3) is 3.77. The van der Waals surface area contributed by atoms with Crippen molar-refractivity contribution < 1.29 is 0 Å². The molecule has 0 radical (unpaired) electrons. The van der Waals surface area contributed by atoms with Crippen molar-refractivity contribution >= 4 is 11.3 Å². The highest BCUT2D eigenvalue weighted by atomic mass is 32.1.